The zero-order valence-electron chi connectivity index (χ0n) is 19.7. The van der Waals surface area contributed by atoms with Gasteiger partial charge < -0.3 is 9.47 Å². The molecule has 174 valence electrons. The highest BCUT2D eigenvalue weighted by molar-refractivity contribution is 8.18. The Bertz CT molecular complexity index is 1210. The first-order valence-electron chi connectivity index (χ1n) is 11.2. The van der Waals surface area contributed by atoms with Gasteiger partial charge in [-0.05, 0) is 78.6 Å². The van der Waals surface area contributed by atoms with Crippen LogP contribution in [0.25, 0.3) is 6.08 Å². The van der Waals surface area contributed by atoms with Crippen LogP contribution in [0.1, 0.15) is 23.1 Å². The number of aliphatic imine (C=N–C) groups is 1. The molecule has 34 heavy (non-hydrogen) atoms. The van der Waals surface area contributed by atoms with Crippen molar-refractivity contribution in [3.8, 4) is 11.5 Å². The maximum Gasteiger partial charge on any atom is 0.266 e. The van der Waals surface area contributed by atoms with Crippen molar-refractivity contribution in [1.29, 1.82) is 0 Å². The minimum absolute atomic E-state index is 0.0260. The Morgan fingerprint density at radius 1 is 0.941 bits per heavy atom. The summed E-state index contributed by atoms with van der Waals surface area (Å²) in [4.78, 5) is 20.7. The van der Waals surface area contributed by atoms with Crippen LogP contribution < -0.4 is 9.47 Å². The Balaban J connectivity index is 1.62. The van der Waals surface area contributed by atoms with E-state index >= 15 is 0 Å². The van der Waals surface area contributed by atoms with Gasteiger partial charge in [-0.1, -0.05) is 48.5 Å². The molecule has 0 unspecified atom stereocenters. The number of carbonyl (C=O) groups is 1. The molecule has 0 N–H and O–H groups in total. The van der Waals surface area contributed by atoms with E-state index in [9.17, 15) is 4.79 Å². The van der Waals surface area contributed by atoms with E-state index in [2.05, 4.69) is 12.1 Å². The third-order valence-corrected chi connectivity index (χ3v) is 6.62. The molecule has 0 radical (unpaired) electrons. The van der Waals surface area contributed by atoms with E-state index in [1.807, 2.05) is 73.7 Å². The Hall–Kier alpha value is -3.51. The SMILES string of the molecule is COc1cc(C)c(/C=C2\SC(=Nc3ccccc3)N(CCCc3ccccc3)C2=O)cc1OC. The molecule has 3 aromatic rings. The Morgan fingerprint density at radius 3 is 2.26 bits per heavy atom. The number of amidine groups is 1. The van der Waals surface area contributed by atoms with Crippen LogP contribution in [0.4, 0.5) is 5.69 Å². The second kappa shape index (κ2) is 11.1. The van der Waals surface area contributed by atoms with E-state index in [1.54, 1.807) is 19.1 Å². The van der Waals surface area contributed by atoms with E-state index in [4.69, 9.17) is 14.5 Å². The summed E-state index contributed by atoms with van der Waals surface area (Å²) >= 11 is 1.41. The molecule has 6 heteroatoms. The fraction of sp³-hybridized carbons (Fsp3) is 0.214. The molecule has 3 aromatic carbocycles. The standard InChI is InChI=1S/C28H28N2O3S/c1-20-17-24(32-2)25(33-3)18-22(20)19-26-27(31)30(16-10-13-21-11-6-4-7-12-21)28(34-26)29-23-14-8-5-9-15-23/h4-9,11-12,14-15,17-19H,10,13,16H2,1-3H3/b26-19-,29-28?. The smallest absolute Gasteiger partial charge is 0.266 e. The van der Waals surface area contributed by atoms with Crippen LogP contribution in [0.15, 0.2) is 82.7 Å². The van der Waals surface area contributed by atoms with Gasteiger partial charge in [0.25, 0.3) is 5.91 Å². The molecule has 0 aliphatic carbocycles. The van der Waals surface area contributed by atoms with Gasteiger partial charge in [0.1, 0.15) is 0 Å². The van der Waals surface area contributed by atoms with Crippen molar-refractivity contribution in [2.45, 2.75) is 19.8 Å². The van der Waals surface area contributed by atoms with Gasteiger partial charge in [0.15, 0.2) is 16.7 Å². The predicted molar refractivity (Wildman–Crippen MR) is 140 cm³/mol. The van der Waals surface area contributed by atoms with Gasteiger partial charge in [-0.15, -0.1) is 0 Å². The zero-order chi connectivity index (χ0) is 23.9. The Morgan fingerprint density at radius 2 is 1.59 bits per heavy atom. The summed E-state index contributed by atoms with van der Waals surface area (Å²) in [6.45, 7) is 2.60. The van der Waals surface area contributed by atoms with Crippen molar-refractivity contribution in [2.24, 2.45) is 4.99 Å². The zero-order valence-corrected chi connectivity index (χ0v) is 20.5. The van der Waals surface area contributed by atoms with Crippen molar-refractivity contribution in [3.63, 3.8) is 0 Å². The summed E-state index contributed by atoms with van der Waals surface area (Å²) in [5.74, 6) is 1.27. The summed E-state index contributed by atoms with van der Waals surface area (Å²) in [6, 6.07) is 23.9. The van der Waals surface area contributed by atoms with E-state index in [0.717, 1.165) is 29.7 Å². The second-order valence-electron chi connectivity index (χ2n) is 7.95. The summed E-state index contributed by atoms with van der Waals surface area (Å²) in [5.41, 5.74) is 4.01. The predicted octanol–water partition coefficient (Wildman–Crippen LogP) is 6.25. The average Bonchev–Trinajstić information content (AvgIpc) is 3.15. The summed E-state index contributed by atoms with van der Waals surface area (Å²) in [7, 11) is 3.23. The number of hydrogen-bond donors (Lipinski definition) is 0. The van der Waals surface area contributed by atoms with Crippen molar-refractivity contribution >= 4 is 34.6 Å². The number of rotatable bonds is 8. The molecule has 1 saturated heterocycles. The van der Waals surface area contributed by atoms with Gasteiger partial charge in [0.2, 0.25) is 0 Å². The van der Waals surface area contributed by atoms with Crippen LogP contribution in [-0.2, 0) is 11.2 Å². The number of hydrogen-bond acceptors (Lipinski definition) is 5. The molecule has 0 saturated carbocycles. The lowest BCUT2D eigenvalue weighted by Gasteiger charge is -2.15. The first-order chi connectivity index (χ1) is 16.6. The van der Waals surface area contributed by atoms with Crippen LogP contribution >= 0.6 is 11.8 Å². The van der Waals surface area contributed by atoms with Gasteiger partial charge >= 0.3 is 0 Å². The number of methoxy groups -OCH3 is 2. The van der Waals surface area contributed by atoms with Gasteiger partial charge in [0.05, 0.1) is 24.8 Å². The number of nitrogens with zero attached hydrogens (tertiary/aromatic N) is 2. The van der Waals surface area contributed by atoms with Crippen LogP contribution in [0.5, 0.6) is 11.5 Å². The largest absolute Gasteiger partial charge is 0.493 e. The van der Waals surface area contributed by atoms with Crippen LogP contribution in [0.2, 0.25) is 0 Å². The second-order valence-corrected chi connectivity index (χ2v) is 8.96. The maximum atomic E-state index is 13.4. The molecule has 1 amide bonds. The number of thioether (sulfide) groups is 1. The van der Waals surface area contributed by atoms with Crippen LogP contribution in [0.3, 0.4) is 0 Å². The number of ether oxygens (including phenoxy) is 2. The van der Waals surface area contributed by atoms with Crippen molar-refractivity contribution in [2.75, 3.05) is 20.8 Å². The van der Waals surface area contributed by atoms with Gasteiger partial charge in [-0.25, -0.2) is 4.99 Å². The van der Waals surface area contributed by atoms with E-state index in [1.165, 1.54) is 17.3 Å². The molecule has 4 rings (SSSR count). The Labute approximate surface area is 205 Å². The fourth-order valence-corrected chi connectivity index (χ4v) is 4.80. The molecular weight excluding hydrogens is 444 g/mol. The van der Waals surface area contributed by atoms with Gasteiger partial charge in [-0.3, -0.25) is 9.69 Å². The minimum atomic E-state index is -0.0260. The highest BCUT2D eigenvalue weighted by Gasteiger charge is 2.33. The maximum absolute atomic E-state index is 13.4. The number of benzene rings is 3. The third-order valence-electron chi connectivity index (χ3n) is 5.62. The van der Waals surface area contributed by atoms with Crippen molar-refractivity contribution in [3.05, 3.63) is 94.4 Å². The summed E-state index contributed by atoms with van der Waals surface area (Å²) < 4.78 is 10.9. The average molecular weight is 473 g/mol. The van der Waals surface area contributed by atoms with E-state index in [0.29, 0.717) is 28.1 Å². The minimum Gasteiger partial charge on any atom is -0.493 e. The number of aryl methyl sites for hydroxylation is 2. The van der Waals surface area contributed by atoms with Crippen LogP contribution in [-0.4, -0.2) is 36.7 Å². The van der Waals surface area contributed by atoms with E-state index < -0.39 is 0 Å². The Kier molecular flexibility index (Phi) is 7.70. The molecule has 0 bridgehead atoms. The molecule has 1 aliphatic heterocycles. The van der Waals surface area contributed by atoms with Crippen molar-refractivity contribution < 1.29 is 14.3 Å². The highest BCUT2D eigenvalue weighted by Crippen LogP contribution is 2.37. The normalized spacial score (nSPS) is 15.9. The lowest BCUT2D eigenvalue weighted by molar-refractivity contribution is -0.122. The highest BCUT2D eigenvalue weighted by atomic mass is 32.2. The first-order valence-corrected chi connectivity index (χ1v) is 12.0. The fourth-order valence-electron chi connectivity index (χ4n) is 3.78. The molecule has 5 nitrogen and oxygen atoms in total. The number of amides is 1. The van der Waals surface area contributed by atoms with Gasteiger partial charge in [0, 0.05) is 6.54 Å². The van der Waals surface area contributed by atoms with E-state index in [-0.39, 0.29) is 5.91 Å². The first kappa shape index (κ1) is 23.6. The summed E-state index contributed by atoms with van der Waals surface area (Å²) in [5, 5.41) is 0.702. The third kappa shape index (κ3) is 5.51. The lowest BCUT2D eigenvalue weighted by atomic mass is 10.1. The molecule has 0 atom stereocenters. The van der Waals surface area contributed by atoms with Crippen molar-refractivity contribution in [1.82, 2.24) is 4.90 Å². The topological polar surface area (TPSA) is 51.1 Å². The molecule has 0 aromatic heterocycles. The summed E-state index contributed by atoms with van der Waals surface area (Å²) in [6.07, 6.45) is 3.68. The number of carbonyl (C=O) groups excluding carboxylic acids is 1. The van der Waals surface area contributed by atoms with Gasteiger partial charge in [-0.2, -0.15) is 0 Å². The number of para-hydroxylation sites is 1. The lowest BCUT2D eigenvalue weighted by Crippen LogP contribution is -2.30. The molecule has 1 aliphatic rings. The monoisotopic (exact) mass is 472 g/mol. The molecule has 1 heterocycles. The molecular formula is C28H28N2O3S. The van der Waals surface area contributed by atoms with Crippen LogP contribution in [0, 0.1) is 6.92 Å². The molecule has 0 spiro atoms. The quantitative estimate of drug-likeness (QED) is 0.364. The molecule has 1 fully saturated rings.